The van der Waals surface area contributed by atoms with Crippen LogP contribution in [0.2, 0.25) is 30.1 Å². The average Bonchev–Trinajstić information content (AvgIpc) is 0.781. The van der Waals surface area contributed by atoms with E-state index in [0.717, 1.165) is 152 Å². The quantitative estimate of drug-likeness (QED) is 0.0817. The monoisotopic (exact) mass is 2300 g/mol. The van der Waals surface area contributed by atoms with Crippen molar-refractivity contribution in [2.75, 3.05) is 81.6 Å². The summed E-state index contributed by atoms with van der Waals surface area (Å²) in [6.45, 7) is 37.7. The molecule has 0 aliphatic carbocycles. The maximum Gasteiger partial charge on any atom is 0.261 e. The predicted molar refractivity (Wildman–Crippen MR) is 580 cm³/mol. The van der Waals surface area contributed by atoms with E-state index in [0.29, 0.717) is 85.4 Å². The summed E-state index contributed by atoms with van der Waals surface area (Å²) >= 11 is 37.4. The summed E-state index contributed by atoms with van der Waals surface area (Å²) in [5.41, 5.74) is 26.3. The summed E-state index contributed by atoms with van der Waals surface area (Å²) in [6, 6.07) is 55.3. The molecule has 6 aliphatic heterocycles. The molecule has 12 aromatic carbocycles. The van der Waals surface area contributed by atoms with E-state index in [1.54, 1.807) is 73.7 Å². The molecular weight excluding hydrogens is 2200 g/mol. The van der Waals surface area contributed by atoms with E-state index in [4.69, 9.17) is 147 Å². The van der Waals surface area contributed by atoms with Crippen molar-refractivity contribution >= 4 is 199 Å². The number of hydrogen-bond acceptors (Lipinski definition) is 18. The van der Waals surface area contributed by atoms with Gasteiger partial charge in [0.15, 0.2) is 11.4 Å². The number of aryl methyl sites for hydroxylation is 7. The van der Waals surface area contributed by atoms with Gasteiger partial charge in [0.1, 0.15) is 5.82 Å². The molecule has 0 radical (unpaired) electrons. The van der Waals surface area contributed by atoms with Gasteiger partial charge in [-0.1, -0.05) is 118 Å². The second kappa shape index (κ2) is 46.1. The lowest BCUT2D eigenvalue weighted by molar-refractivity contribution is 0.292. The van der Waals surface area contributed by atoms with Crippen molar-refractivity contribution in [3.63, 3.8) is 0 Å². The Balaban J connectivity index is 0.000000145. The first-order valence-electron chi connectivity index (χ1n) is 44.9. The van der Waals surface area contributed by atoms with E-state index in [9.17, 15) is 54.9 Å². The number of likely N-dealkylation sites (N-methyl/N-ethyl adjacent to an activating group) is 6. The van der Waals surface area contributed by atoms with Crippen LogP contribution in [0.15, 0.2) is 223 Å². The largest absolute Gasteiger partial charge is 0.302 e. The van der Waals surface area contributed by atoms with Crippen LogP contribution in [-0.2, 0) is 93.6 Å². The number of rotatable bonds is 12. The molecule has 0 fully saturated rings. The van der Waals surface area contributed by atoms with E-state index in [2.05, 4.69) is 81.0 Å². The van der Waals surface area contributed by atoms with Crippen molar-refractivity contribution in [3.05, 3.63) is 392 Å². The van der Waals surface area contributed by atoms with Crippen molar-refractivity contribution in [1.29, 1.82) is 0 Å². The van der Waals surface area contributed by atoms with Crippen molar-refractivity contribution in [2.24, 2.45) is 0 Å². The minimum atomic E-state index is -3.92. The Morgan fingerprint density at radius 3 is 0.806 bits per heavy atom. The molecule has 144 heavy (non-hydrogen) atoms. The van der Waals surface area contributed by atoms with Gasteiger partial charge in [0.25, 0.3) is 54.3 Å². The zero-order chi connectivity index (χ0) is 106. The smallest absolute Gasteiger partial charge is 0.261 e. The molecule has 0 aromatic heterocycles. The van der Waals surface area contributed by atoms with Crippen LogP contribution >= 0.6 is 134 Å². The van der Waals surface area contributed by atoms with Gasteiger partial charge in [-0.05, 0) is 375 Å². The molecule has 0 saturated heterocycles. The number of nitrogens with zero attached hydrogens (tertiary/aromatic N) is 8. The first-order chi connectivity index (χ1) is 67.2. The van der Waals surface area contributed by atoms with Crippen molar-refractivity contribution in [1.82, 2.24) is 29.4 Å². The highest BCUT2D eigenvalue weighted by Crippen LogP contribution is 2.48. The molecule has 18 rings (SSSR count). The van der Waals surface area contributed by atoms with Crippen molar-refractivity contribution in [2.45, 2.75) is 153 Å². The predicted octanol–water partition coefficient (Wildman–Crippen LogP) is 26.5. The fraction of sp³-hybridized carbons (Fsp3) is 0.295. The molecule has 0 N–H and O–H groups in total. The Morgan fingerprint density at radius 1 is 0.257 bits per heavy atom. The van der Waals surface area contributed by atoms with Gasteiger partial charge in [0.05, 0.1) is 42.5 Å². The van der Waals surface area contributed by atoms with Crippen LogP contribution in [-0.4, -0.2) is 161 Å². The van der Waals surface area contributed by atoms with Gasteiger partial charge in [0.2, 0.25) is 0 Å². The maximum absolute atomic E-state index is 14.5. The van der Waals surface area contributed by atoms with Crippen molar-refractivity contribution < 1.29 is 54.9 Å². The Bertz CT molecular complexity index is 7770. The van der Waals surface area contributed by atoms with E-state index >= 15 is 0 Å². The van der Waals surface area contributed by atoms with Crippen LogP contribution < -0.4 is 0 Å². The highest BCUT2D eigenvalue weighted by molar-refractivity contribution is 8.15. The zero-order valence-electron chi connectivity index (χ0n) is 80.3. The first kappa shape index (κ1) is 114. The minimum Gasteiger partial charge on any atom is -0.302 e. The average molecular weight is 2300 g/mol. The molecule has 6 unspecified atom stereocenters. The summed E-state index contributed by atoms with van der Waals surface area (Å²) in [5, 5.41) is 3.73. The molecule has 6 atom stereocenters. The van der Waals surface area contributed by atoms with Gasteiger partial charge in [-0.3, -0.25) is 0 Å². The Morgan fingerprint density at radius 2 is 0.500 bits per heavy atom. The van der Waals surface area contributed by atoms with E-state index in [1.807, 2.05) is 133 Å². The Hall–Kier alpha value is -7.51. The molecule has 0 bridgehead atoms. The lowest BCUT2D eigenvalue weighted by Gasteiger charge is -2.34. The summed E-state index contributed by atoms with van der Waals surface area (Å²) in [4.78, 5) is 20.7. The summed E-state index contributed by atoms with van der Waals surface area (Å²) in [6.07, 6.45) is 0. The van der Waals surface area contributed by atoms with Gasteiger partial charge in [-0.2, -0.15) is 0 Å². The van der Waals surface area contributed by atoms with E-state index in [1.165, 1.54) is 58.1 Å². The fourth-order valence-corrected chi connectivity index (χ4v) is 26.7. The summed E-state index contributed by atoms with van der Waals surface area (Å²) in [5.74, 6) is -0.719. The summed E-state index contributed by atoms with van der Waals surface area (Å²) < 4.78 is 155. The summed E-state index contributed by atoms with van der Waals surface area (Å²) in [7, 11) is 22.4. The molecule has 0 saturated carbocycles. The number of fused-ring (bicyclic) bond motifs is 6. The highest BCUT2D eigenvalue weighted by atomic mass is 35.7. The van der Waals surface area contributed by atoms with Crippen molar-refractivity contribution in [3.8, 4) is 0 Å². The van der Waals surface area contributed by atoms with E-state index < -0.39 is 60.1 Å². The third-order valence-corrected chi connectivity index (χ3v) is 36.3. The lowest BCUT2D eigenvalue weighted by Crippen LogP contribution is -2.32. The third kappa shape index (κ3) is 27.3. The second-order valence-corrected chi connectivity index (χ2v) is 55.4. The van der Waals surface area contributed by atoms with Gasteiger partial charge >= 0.3 is 0 Å². The molecule has 6 aliphatic rings. The lowest BCUT2D eigenvalue weighted by atomic mass is 9.81. The van der Waals surface area contributed by atoms with Gasteiger partial charge in [0, 0.05) is 208 Å². The highest BCUT2D eigenvalue weighted by Gasteiger charge is 2.37. The molecule has 12 aromatic rings. The van der Waals surface area contributed by atoms with E-state index in [-0.39, 0.29) is 64.9 Å². The van der Waals surface area contributed by atoms with Crippen LogP contribution in [0, 0.1) is 67.4 Å². The van der Waals surface area contributed by atoms with Gasteiger partial charge in [-0.25, -0.2) is 64.6 Å². The molecule has 0 amide bonds. The van der Waals surface area contributed by atoms with Crippen LogP contribution in [0.3, 0.4) is 0 Å². The molecular formula is C105H101Cl12FN8O12S6. The number of halogens is 13. The maximum atomic E-state index is 14.5. The van der Waals surface area contributed by atoms with Gasteiger partial charge in [-0.15, -0.1) is 0 Å². The standard InChI is InChI=1S/C18H16Cl2N2O2S.2C18H19Cl2NO2S.C17H16Cl2FNO2S.C17H14Cl2N2O2S.C17H17Cl2NO2S/c1-11-4-5-13(25(20,23)24)8-14(11)16-9-22(3)10-17-15(16)6-12(19)7-18(17)21-2;1-11-4-5-14(24(20,22)23)8-15(11)18-10-21(3)9-17-12(2)6-13(19)7-16(17)18;1-11-4-5-13(7-18(11)24(20,22)23)17-10-21(3)9-16-12(2)6-14(19)8-15(16)17;1-10-5-11(18)6-13-15(10)8-21(2)9-16(13)14-7-12(24(19,22)23)3-4-17(14)20;1-20-17-8-12(18)7-14-15(9-21(2)10-16(14)17)11-4-3-5-13(6-11)24(19,22)23;1-11-6-13(18)8-15-16(11)9-20(2)10-17(15)12-4-3-5-14(7-12)23(19,21)22/h4-8,16H,9-10H2,1,3H3;4-8,18H,9-10H2,1-3H3;4-8,17H,9-10H2,1-3H3;3-7,16H,8-9H2,1-2H3;3-8,15H,9-10H2,2H3;3-8,17H,9-10H2,1-2H3. The van der Waals surface area contributed by atoms with Gasteiger partial charge < -0.3 is 29.4 Å². The van der Waals surface area contributed by atoms with Crippen LogP contribution in [0.25, 0.3) is 9.69 Å². The van der Waals surface area contributed by atoms with Crippen LogP contribution in [0.5, 0.6) is 0 Å². The third-order valence-electron chi connectivity index (χ3n) is 26.8. The number of hydrogen-bond donors (Lipinski definition) is 0. The minimum absolute atomic E-state index is 0.0638. The SMILES string of the molecule is Cc1cc(Cl)cc2c1CN(C)CC2c1cc(S(=O)(=O)Cl)ccc1F.Cc1cc(Cl)cc2c1CN(C)CC2c1cccc(S(=O)(=O)Cl)c1.Cc1ccc(C2CN(C)Cc3c(C)cc(Cl)cc32)cc1S(=O)(=O)Cl.Cc1ccc(S(=O)(=O)Cl)cc1C1CN(C)Cc2c(C)cc(Cl)cc21.[C-]#[N+]c1cc(Cl)cc2c1CN(C)CC2c1cc(S(=O)(=O)Cl)ccc1C.[C-]#[N+]c1cc(Cl)cc2c1CN(C)CC2c1cccc(S(=O)(=O)Cl)c1. The second-order valence-electron chi connectivity index (χ2n) is 37.4. The normalized spacial score (nSPS) is 18.3. The number of benzene rings is 12. The fourth-order valence-electron chi connectivity index (χ4n) is 20.0. The van der Waals surface area contributed by atoms with Crippen LogP contribution in [0.4, 0.5) is 15.8 Å². The Labute approximate surface area is 900 Å². The molecule has 20 nitrogen and oxygen atoms in total. The van der Waals surface area contributed by atoms with Crippen LogP contribution in [0.1, 0.15) is 175 Å². The zero-order valence-corrected chi connectivity index (χ0v) is 94.2. The molecule has 0 spiro atoms. The topological polar surface area (TPSA) is 233 Å². The first-order valence-corrected chi connectivity index (χ1v) is 61.0. The molecule has 760 valence electrons. The molecule has 6 heterocycles. The Kier molecular flexibility index (Phi) is 36.4. The molecule has 39 heteroatoms.